The Morgan fingerprint density at radius 3 is 2.75 bits per heavy atom. The van der Waals surface area contributed by atoms with Gasteiger partial charge in [-0.25, -0.2) is 0 Å². The predicted molar refractivity (Wildman–Crippen MR) is 67.6 cm³/mol. The van der Waals surface area contributed by atoms with Gasteiger partial charge in [0.25, 0.3) is 0 Å². The van der Waals surface area contributed by atoms with Crippen LogP contribution in [0.1, 0.15) is 5.56 Å². The fourth-order valence-corrected chi connectivity index (χ4v) is 1.35. The average molecular weight is 259 g/mol. The van der Waals surface area contributed by atoms with Crippen molar-refractivity contribution in [2.75, 3.05) is 13.1 Å². The molecule has 1 aromatic rings. The van der Waals surface area contributed by atoms with Crippen molar-refractivity contribution in [1.29, 1.82) is 0 Å². The molecule has 0 aliphatic heterocycles. The van der Waals surface area contributed by atoms with Gasteiger partial charge in [-0.1, -0.05) is 29.3 Å². The van der Waals surface area contributed by atoms with Crippen LogP contribution in [0.5, 0.6) is 0 Å². The third kappa shape index (κ3) is 4.23. The van der Waals surface area contributed by atoms with Crippen LogP contribution in [-0.4, -0.2) is 19.0 Å². The Hall–Kier alpha value is -1.03. The van der Waals surface area contributed by atoms with Crippen LogP contribution in [-0.2, 0) is 4.79 Å². The first kappa shape index (κ1) is 13.0. The van der Waals surface area contributed by atoms with Crippen molar-refractivity contribution in [2.45, 2.75) is 0 Å². The molecule has 0 aliphatic rings. The molecule has 0 radical (unpaired) electrons. The number of rotatable bonds is 4. The molecule has 0 saturated carbocycles. The predicted octanol–water partition coefficient (Wildman–Crippen LogP) is 2.08. The number of nitrogens with one attached hydrogen (secondary N) is 1. The molecule has 5 heteroatoms. The number of carbonyl (C=O) groups excluding carboxylic acids is 1. The van der Waals surface area contributed by atoms with Crippen LogP contribution in [0.3, 0.4) is 0 Å². The first-order valence-corrected chi connectivity index (χ1v) is 5.50. The Morgan fingerprint density at radius 2 is 2.12 bits per heavy atom. The van der Waals surface area contributed by atoms with Gasteiger partial charge in [-0.05, 0) is 23.8 Å². The van der Waals surface area contributed by atoms with Crippen LogP contribution in [0.2, 0.25) is 10.0 Å². The molecule has 86 valence electrons. The Morgan fingerprint density at radius 1 is 1.38 bits per heavy atom. The zero-order valence-electron chi connectivity index (χ0n) is 8.54. The lowest BCUT2D eigenvalue weighted by Gasteiger charge is -1.99. The van der Waals surface area contributed by atoms with Gasteiger partial charge in [0.15, 0.2) is 0 Å². The maximum absolute atomic E-state index is 11.2. The minimum absolute atomic E-state index is 0.184. The molecule has 1 amide bonds. The van der Waals surface area contributed by atoms with Crippen molar-refractivity contribution in [3.8, 4) is 0 Å². The topological polar surface area (TPSA) is 55.1 Å². The molecule has 1 rings (SSSR count). The molecule has 0 saturated heterocycles. The number of amides is 1. The minimum Gasteiger partial charge on any atom is -0.351 e. The van der Waals surface area contributed by atoms with Gasteiger partial charge in [-0.3, -0.25) is 4.79 Å². The van der Waals surface area contributed by atoms with Crippen LogP contribution < -0.4 is 11.1 Å². The molecule has 0 bridgehead atoms. The summed E-state index contributed by atoms with van der Waals surface area (Å²) in [6.07, 6.45) is 3.09. The summed E-state index contributed by atoms with van der Waals surface area (Å²) in [7, 11) is 0. The fourth-order valence-electron chi connectivity index (χ4n) is 1.04. The molecule has 0 aliphatic carbocycles. The van der Waals surface area contributed by atoms with E-state index in [1.165, 1.54) is 6.08 Å². The summed E-state index contributed by atoms with van der Waals surface area (Å²) >= 11 is 11.6. The van der Waals surface area contributed by atoms with Crippen LogP contribution in [0.4, 0.5) is 0 Å². The average Bonchev–Trinajstić information content (AvgIpc) is 2.28. The molecular weight excluding hydrogens is 247 g/mol. The SMILES string of the molecule is NCCNC(=O)C=Cc1ccc(Cl)c(Cl)c1. The summed E-state index contributed by atoms with van der Waals surface area (Å²) in [5.41, 5.74) is 6.07. The lowest BCUT2D eigenvalue weighted by molar-refractivity contribution is -0.116. The molecule has 0 fully saturated rings. The van der Waals surface area contributed by atoms with E-state index in [9.17, 15) is 4.79 Å². The maximum Gasteiger partial charge on any atom is 0.244 e. The van der Waals surface area contributed by atoms with Crippen molar-refractivity contribution in [2.24, 2.45) is 5.73 Å². The summed E-state index contributed by atoms with van der Waals surface area (Å²) < 4.78 is 0. The smallest absolute Gasteiger partial charge is 0.244 e. The summed E-state index contributed by atoms with van der Waals surface area (Å²) in [5, 5.41) is 3.57. The maximum atomic E-state index is 11.2. The zero-order chi connectivity index (χ0) is 12.0. The van der Waals surface area contributed by atoms with Crippen molar-refractivity contribution < 1.29 is 4.79 Å². The van der Waals surface area contributed by atoms with Crippen molar-refractivity contribution >= 4 is 35.2 Å². The fraction of sp³-hybridized carbons (Fsp3) is 0.182. The number of benzene rings is 1. The van der Waals surface area contributed by atoms with E-state index in [-0.39, 0.29) is 5.91 Å². The highest BCUT2D eigenvalue weighted by Crippen LogP contribution is 2.22. The van der Waals surface area contributed by atoms with E-state index in [2.05, 4.69) is 5.32 Å². The second-order valence-electron chi connectivity index (χ2n) is 3.09. The molecule has 1 aromatic carbocycles. The van der Waals surface area contributed by atoms with E-state index in [1.807, 2.05) is 0 Å². The molecule has 16 heavy (non-hydrogen) atoms. The van der Waals surface area contributed by atoms with E-state index in [0.717, 1.165) is 5.56 Å². The summed E-state index contributed by atoms with van der Waals surface area (Å²) in [6.45, 7) is 0.886. The standard InChI is InChI=1S/C11H12Cl2N2O/c12-9-3-1-8(7-10(9)13)2-4-11(16)15-6-5-14/h1-4,7H,5-6,14H2,(H,15,16). The Bertz CT molecular complexity index is 405. The monoisotopic (exact) mass is 258 g/mol. The van der Waals surface area contributed by atoms with Crippen LogP contribution in [0.15, 0.2) is 24.3 Å². The molecular formula is C11H12Cl2N2O. The highest BCUT2D eigenvalue weighted by atomic mass is 35.5. The lowest BCUT2D eigenvalue weighted by atomic mass is 10.2. The van der Waals surface area contributed by atoms with Crippen LogP contribution >= 0.6 is 23.2 Å². The molecule has 0 atom stereocenters. The van der Waals surface area contributed by atoms with E-state index in [4.69, 9.17) is 28.9 Å². The van der Waals surface area contributed by atoms with Gasteiger partial charge in [0.2, 0.25) is 5.91 Å². The van der Waals surface area contributed by atoms with Crippen LogP contribution in [0.25, 0.3) is 6.08 Å². The highest BCUT2D eigenvalue weighted by Gasteiger charge is 1.97. The molecule has 0 aromatic heterocycles. The summed E-state index contributed by atoms with van der Waals surface area (Å²) in [5.74, 6) is -0.184. The second kappa shape index (κ2) is 6.53. The van der Waals surface area contributed by atoms with Gasteiger partial charge >= 0.3 is 0 Å². The first-order valence-electron chi connectivity index (χ1n) is 4.74. The third-order valence-electron chi connectivity index (χ3n) is 1.81. The van der Waals surface area contributed by atoms with Crippen molar-refractivity contribution in [3.05, 3.63) is 39.9 Å². The molecule has 3 nitrogen and oxygen atoms in total. The minimum atomic E-state index is -0.184. The van der Waals surface area contributed by atoms with Gasteiger partial charge < -0.3 is 11.1 Å². The van der Waals surface area contributed by atoms with Gasteiger partial charge in [-0.15, -0.1) is 0 Å². The van der Waals surface area contributed by atoms with Gasteiger partial charge in [-0.2, -0.15) is 0 Å². The van der Waals surface area contributed by atoms with Gasteiger partial charge in [0.1, 0.15) is 0 Å². The van der Waals surface area contributed by atoms with E-state index >= 15 is 0 Å². The Labute approximate surface area is 104 Å². The second-order valence-corrected chi connectivity index (χ2v) is 3.90. The molecule has 0 spiro atoms. The van der Waals surface area contributed by atoms with Crippen molar-refractivity contribution in [3.63, 3.8) is 0 Å². The molecule has 3 N–H and O–H groups in total. The van der Waals surface area contributed by atoms with Crippen molar-refractivity contribution in [1.82, 2.24) is 5.32 Å². The summed E-state index contributed by atoms with van der Waals surface area (Å²) in [4.78, 5) is 11.2. The Balaban J connectivity index is 2.62. The first-order chi connectivity index (χ1) is 7.63. The largest absolute Gasteiger partial charge is 0.351 e. The quantitative estimate of drug-likeness (QED) is 0.813. The molecule has 0 unspecified atom stereocenters. The zero-order valence-corrected chi connectivity index (χ0v) is 10.1. The summed E-state index contributed by atoms with van der Waals surface area (Å²) in [6, 6.07) is 5.15. The third-order valence-corrected chi connectivity index (χ3v) is 2.55. The number of halogens is 2. The van der Waals surface area contributed by atoms with Gasteiger partial charge in [0, 0.05) is 19.2 Å². The number of carbonyl (C=O) groups is 1. The van der Waals surface area contributed by atoms with E-state index in [0.29, 0.717) is 23.1 Å². The number of hydrogen-bond donors (Lipinski definition) is 2. The molecule has 0 heterocycles. The lowest BCUT2D eigenvalue weighted by Crippen LogP contribution is -2.27. The van der Waals surface area contributed by atoms with E-state index < -0.39 is 0 Å². The van der Waals surface area contributed by atoms with Crippen LogP contribution in [0, 0.1) is 0 Å². The normalized spacial score (nSPS) is 10.7. The highest BCUT2D eigenvalue weighted by molar-refractivity contribution is 6.42. The van der Waals surface area contributed by atoms with E-state index in [1.54, 1.807) is 24.3 Å². The Kier molecular flexibility index (Phi) is 5.32. The number of nitrogens with two attached hydrogens (primary N) is 1. The number of hydrogen-bond acceptors (Lipinski definition) is 2. The van der Waals surface area contributed by atoms with Gasteiger partial charge in [0.05, 0.1) is 10.0 Å².